The number of pyridine rings is 1. The molecule has 0 aliphatic rings. The summed E-state index contributed by atoms with van der Waals surface area (Å²) in [5.74, 6) is 0.817. The van der Waals surface area contributed by atoms with Crippen LogP contribution in [0.5, 0.6) is 0 Å². The van der Waals surface area contributed by atoms with Gasteiger partial charge in [0, 0.05) is 33.7 Å². The third-order valence-corrected chi connectivity index (χ3v) is 4.62. The Kier molecular flexibility index (Phi) is 4.88. The second-order valence-corrected chi connectivity index (χ2v) is 6.87. The summed E-state index contributed by atoms with van der Waals surface area (Å²) in [5, 5.41) is 20.7. The summed E-state index contributed by atoms with van der Waals surface area (Å²) >= 11 is 1.68. The lowest BCUT2D eigenvalue weighted by Gasteiger charge is -2.10. The fraction of sp³-hybridized carbons (Fsp3) is 0.353. The maximum absolute atomic E-state index is 9.34. The summed E-state index contributed by atoms with van der Waals surface area (Å²) in [5.41, 5.74) is 4.48. The van der Waals surface area contributed by atoms with Crippen molar-refractivity contribution in [3.8, 4) is 17.2 Å². The van der Waals surface area contributed by atoms with Crippen molar-refractivity contribution in [1.82, 2.24) is 19.8 Å². The lowest BCUT2D eigenvalue weighted by atomic mass is 10.1. The first kappa shape index (κ1) is 16.6. The van der Waals surface area contributed by atoms with E-state index in [2.05, 4.69) is 27.4 Å². The van der Waals surface area contributed by atoms with Crippen LogP contribution >= 0.6 is 11.8 Å². The Morgan fingerprint density at radius 2 is 2.25 bits per heavy atom. The normalized spacial score (nSPS) is 11.3. The average molecular weight is 341 g/mol. The lowest BCUT2D eigenvalue weighted by molar-refractivity contribution is 0.0920. The van der Waals surface area contributed by atoms with Gasteiger partial charge in [0.2, 0.25) is 0 Å². The predicted molar refractivity (Wildman–Crippen MR) is 94.0 cm³/mol. The smallest absolute Gasteiger partial charge is 0.103 e. The molecule has 124 valence electrons. The molecule has 0 saturated carbocycles. The third-order valence-electron chi connectivity index (χ3n) is 3.63. The van der Waals surface area contributed by atoms with Gasteiger partial charge in [0.15, 0.2) is 0 Å². The number of aromatic amines is 1. The van der Waals surface area contributed by atoms with E-state index in [1.807, 2.05) is 33.2 Å². The number of thioether (sulfide) groups is 1. The molecular formula is C17H19N5OS. The van der Waals surface area contributed by atoms with Gasteiger partial charge < -0.3 is 4.74 Å². The zero-order chi connectivity index (χ0) is 17.1. The number of hydrogen-bond acceptors (Lipinski definition) is 5. The van der Waals surface area contributed by atoms with Crippen LogP contribution in [0.3, 0.4) is 0 Å². The van der Waals surface area contributed by atoms with E-state index in [0.717, 1.165) is 33.0 Å². The molecule has 0 bridgehead atoms. The molecule has 3 aromatic heterocycles. The van der Waals surface area contributed by atoms with E-state index in [-0.39, 0.29) is 6.10 Å². The number of H-pyrrole nitrogens is 1. The lowest BCUT2D eigenvalue weighted by Crippen LogP contribution is -2.05. The van der Waals surface area contributed by atoms with Crippen LogP contribution in [0.15, 0.2) is 29.6 Å². The second-order valence-electron chi connectivity index (χ2n) is 5.73. The van der Waals surface area contributed by atoms with Gasteiger partial charge in [0.1, 0.15) is 6.07 Å². The standard InChI is InChI=1S/C17H19N5OS/c1-11(2)23-4-5-24-16-6-13(15-9-19-21-12(15)3)10-22-17(16)14(7-18)8-20-22/h6,8-11H,4-5H2,1-3H3,(H,19,21). The quantitative estimate of drug-likeness (QED) is 0.549. The number of fused-ring (bicyclic) bond motifs is 1. The highest BCUT2D eigenvalue weighted by Gasteiger charge is 2.14. The molecule has 3 aromatic rings. The first-order valence-electron chi connectivity index (χ1n) is 7.76. The van der Waals surface area contributed by atoms with E-state index >= 15 is 0 Å². The number of nitriles is 1. The molecule has 0 spiro atoms. The Labute approximate surface area is 144 Å². The van der Waals surface area contributed by atoms with E-state index in [0.29, 0.717) is 12.2 Å². The molecule has 0 aliphatic carbocycles. The minimum atomic E-state index is 0.218. The number of nitrogens with one attached hydrogen (secondary N) is 1. The van der Waals surface area contributed by atoms with Crippen LogP contribution < -0.4 is 0 Å². The minimum absolute atomic E-state index is 0.218. The highest BCUT2D eigenvalue weighted by molar-refractivity contribution is 7.99. The van der Waals surface area contributed by atoms with Gasteiger partial charge in [-0.15, -0.1) is 11.8 Å². The molecule has 0 radical (unpaired) electrons. The van der Waals surface area contributed by atoms with Crippen LogP contribution in [0.25, 0.3) is 16.6 Å². The number of nitrogens with zero attached hydrogens (tertiary/aromatic N) is 4. The van der Waals surface area contributed by atoms with Gasteiger partial charge in [-0.05, 0) is 26.8 Å². The molecule has 0 unspecified atom stereocenters. The molecular weight excluding hydrogens is 322 g/mol. The second kappa shape index (κ2) is 7.07. The molecule has 24 heavy (non-hydrogen) atoms. The van der Waals surface area contributed by atoms with Crippen LogP contribution in [-0.4, -0.2) is 38.3 Å². The highest BCUT2D eigenvalue weighted by Crippen LogP contribution is 2.32. The third kappa shape index (κ3) is 3.30. The Bertz CT molecular complexity index is 890. The van der Waals surface area contributed by atoms with Crippen LogP contribution in [0.4, 0.5) is 0 Å². The van der Waals surface area contributed by atoms with E-state index < -0.39 is 0 Å². The maximum atomic E-state index is 9.34. The van der Waals surface area contributed by atoms with Gasteiger partial charge in [-0.25, -0.2) is 4.52 Å². The molecule has 0 aliphatic heterocycles. The molecule has 0 fully saturated rings. The molecule has 0 aromatic carbocycles. The number of hydrogen-bond donors (Lipinski definition) is 1. The number of aromatic nitrogens is 4. The SMILES string of the molecule is Cc1[nH]ncc1-c1cc(SCCOC(C)C)c2c(C#N)cnn2c1. The van der Waals surface area contributed by atoms with E-state index in [1.54, 1.807) is 22.5 Å². The highest BCUT2D eigenvalue weighted by atomic mass is 32.2. The maximum Gasteiger partial charge on any atom is 0.103 e. The van der Waals surface area contributed by atoms with Crippen molar-refractivity contribution in [2.45, 2.75) is 31.8 Å². The van der Waals surface area contributed by atoms with Gasteiger partial charge in [0.25, 0.3) is 0 Å². The monoisotopic (exact) mass is 341 g/mol. The van der Waals surface area contributed by atoms with Gasteiger partial charge in [0.05, 0.1) is 36.2 Å². The molecule has 7 heteroatoms. The minimum Gasteiger partial charge on any atom is -0.378 e. The first-order valence-corrected chi connectivity index (χ1v) is 8.75. The summed E-state index contributed by atoms with van der Waals surface area (Å²) in [6.07, 6.45) is 5.57. The van der Waals surface area contributed by atoms with Crippen LogP contribution in [-0.2, 0) is 4.74 Å². The summed E-state index contributed by atoms with van der Waals surface area (Å²) in [6, 6.07) is 4.31. The molecule has 1 N–H and O–H groups in total. The van der Waals surface area contributed by atoms with Crippen molar-refractivity contribution in [3.63, 3.8) is 0 Å². The zero-order valence-electron chi connectivity index (χ0n) is 13.9. The summed E-state index contributed by atoms with van der Waals surface area (Å²) in [6.45, 7) is 6.70. The van der Waals surface area contributed by atoms with E-state index in [9.17, 15) is 5.26 Å². The van der Waals surface area contributed by atoms with E-state index in [4.69, 9.17) is 4.74 Å². The molecule has 0 amide bonds. The Balaban J connectivity index is 1.98. The van der Waals surface area contributed by atoms with Crippen molar-refractivity contribution in [3.05, 3.63) is 35.9 Å². The van der Waals surface area contributed by atoms with Crippen molar-refractivity contribution < 1.29 is 4.74 Å². The van der Waals surface area contributed by atoms with Crippen molar-refractivity contribution in [2.24, 2.45) is 0 Å². The van der Waals surface area contributed by atoms with Crippen molar-refractivity contribution in [1.29, 1.82) is 5.26 Å². The molecule has 0 atom stereocenters. The van der Waals surface area contributed by atoms with E-state index in [1.165, 1.54) is 0 Å². The fourth-order valence-electron chi connectivity index (χ4n) is 2.50. The van der Waals surface area contributed by atoms with Crippen LogP contribution in [0.2, 0.25) is 0 Å². The van der Waals surface area contributed by atoms with Gasteiger partial charge in [-0.2, -0.15) is 15.5 Å². The summed E-state index contributed by atoms with van der Waals surface area (Å²) in [4.78, 5) is 1.02. The number of ether oxygens (including phenoxy) is 1. The Morgan fingerprint density at radius 3 is 2.92 bits per heavy atom. The Hall–Kier alpha value is -2.30. The topological polar surface area (TPSA) is 79.0 Å². The van der Waals surface area contributed by atoms with Gasteiger partial charge >= 0.3 is 0 Å². The fourth-order valence-corrected chi connectivity index (χ4v) is 3.45. The van der Waals surface area contributed by atoms with Crippen LogP contribution in [0.1, 0.15) is 25.1 Å². The molecule has 0 saturated heterocycles. The predicted octanol–water partition coefficient (Wildman–Crippen LogP) is 3.42. The molecule has 3 heterocycles. The summed E-state index contributed by atoms with van der Waals surface area (Å²) in [7, 11) is 0. The number of rotatable bonds is 6. The van der Waals surface area contributed by atoms with Gasteiger partial charge in [-0.3, -0.25) is 5.10 Å². The number of aryl methyl sites for hydroxylation is 1. The van der Waals surface area contributed by atoms with Crippen molar-refractivity contribution >= 4 is 17.3 Å². The largest absolute Gasteiger partial charge is 0.378 e. The van der Waals surface area contributed by atoms with Crippen LogP contribution in [0, 0.1) is 18.3 Å². The van der Waals surface area contributed by atoms with Crippen molar-refractivity contribution in [2.75, 3.05) is 12.4 Å². The van der Waals surface area contributed by atoms with Gasteiger partial charge in [-0.1, -0.05) is 0 Å². The summed E-state index contributed by atoms with van der Waals surface area (Å²) < 4.78 is 7.38. The zero-order valence-corrected chi connectivity index (χ0v) is 14.7. The molecule has 3 rings (SSSR count). The average Bonchev–Trinajstić information content (AvgIpc) is 3.16. The first-order chi connectivity index (χ1) is 11.6. The molecule has 6 nitrogen and oxygen atoms in total. The Morgan fingerprint density at radius 1 is 1.42 bits per heavy atom.